The fraction of sp³-hybridized carbons (Fsp3) is 0.438. The van der Waals surface area contributed by atoms with E-state index < -0.39 is 12.0 Å². The van der Waals surface area contributed by atoms with Gasteiger partial charge in [-0.2, -0.15) is 5.10 Å². The van der Waals surface area contributed by atoms with Gasteiger partial charge in [-0.1, -0.05) is 18.2 Å². The highest BCUT2D eigenvalue weighted by Crippen LogP contribution is 2.25. The first-order valence-electron chi connectivity index (χ1n) is 7.43. The zero-order valence-corrected chi connectivity index (χ0v) is 13.3. The van der Waals surface area contributed by atoms with E-state index in [1.165, 1.54) is 5.01 Å². The Bertz CT molecular complexity index is 588. The van der Waals surface area contributed by atoms with E-state index in [2.05, 4.69) is 5.10 Å². The Hall–Kier alpha value is -2.41. The van der Waals surface area contributed by atoms with Crippen LogP contribution in [0.25, 0.3) is 0 Å². The number of hydrazone groups is 1. The topological polar surface area (TPSA) is 82.4 Å². The number of para-hydroxylation sites is 1. The molecule has 0 fully saturated rings. The molecule has 7 heteroatoms. The lowest BCUT2D eigenvalue weighted by molar-refractivity contribution is -0.131. The standard InChI is InChI=1S/C16H21N3O4/c1-18(9-6-10-23-2)15(20)14-11-13(16(21)22)17-19(14)12-7-4-3-5-8-12/h3-5,7-8,14H,6,9-11H2,1-2H3,(H,21,22). The van der Waals surface area contributed by atoms with Crippen molar-refractivity contribution in [2.75, 3.05) is 32.3 Å². The Morgan fingerprint density at radius 2 is 2.09 bits per heavy atom. The molecule has 23 heavy (non-hydrogen) atoms. The number of aliphatic carboxylic acids is 1. The van der Waals surface area contributed by atoms with Crippen LogP contribution in [-0.2, 0) is 14.3 Å². The number of rotatable bonds is 7. The second kappa shape index (κ2) is 7.73. The lowest BCUT2D eigenvalue weighted by Crippen LogP contribution is -2.44. The van der Waals surface area contributed by atoms with Gasteiger partial charge in [0.25, 0.3) is 0 Å². The van der Waals surface area contributed by atoms with Crippen molar-refractivity contribution in [3.05, 3.63) is 30.3 Å². The van der Waals surface area contributed by atoms with E-state index in [9.17, 15) is 14.7 Å². The number of amides is 1. The number of methoxy groups -OCH3 is 1. The Labute approximate surface area is 135 Å². The third-order valence-corrected chi connectivity index (χ3v) is 3.68. The summed E-state index contributed by atoms with van der Waals surface area (Å²) in [5.41, 5.74) is 0.699. The lowest BCUT2D eigenvalue weighted by atomic mass is 10.1. The molecule has 0 bridgehead atoms. The molecule has 0 radical (unpaired) electrons. The predicted octanol–water partition coefficient (Wildman–Crippen LogP) is 1.20. The molecule has 0 aromatic heterocycles. The number of carboxylic acids is 1. The van der Waals surface area contributed by atoms with Gasteiger partial charge in [-0.3, -0.25) is 9.80 Å². The van der Waals surface area contributed by atoms with E-state index in [0.717, 1.165) is 6.42 Å². The Kier molecular flexibility index (Phi) is 5.70. The maximum atomic E-state index is 12.7. The number of hydrogen-bond acceptors (Lipinski definition) is 5. The van der Waals surface area contributed by atoms with E-state index >= 15 is 0 Å². The van der Waals surface area contributed by atoms with Crippen LogP contribution in [0.15, 0.2) is 35.4 Å². The van der Waals surface area contributed by atoms with Crippen molar-refractivity contribution in [2.24, 2.45) is 5.10 Å². The molecule has 1 atom stereocenters. The number of likely N-dealkylation sites (N-methyl/N-ethyl adjacent to an activating group) is 1. The minimum atomic E-state index is -1.09. The van der Waals surface area contributed by atoms with Gasteiger partial charge in [0.05, 0.1) is 5.69 Å². The van der Waals surface area contributed by atoms with E-state index in [4.69, 9.17) is 4.74 Å². The summed E-state index contributed by atoms with van der Waals surface area (Å²) in [6.45, 7) is 1.12. The smallest absolute Gasteiger partial charge is 0.352 e. The van der Waals surface area contributed by atoms with E-state index in [0.29, 0.717) is 18.8 Å². The van der Waals surface area contributed by atoms with Gasteiger partial charge in [0.1, 0.15) is 11.8 Å². The normalized spacial score (nSPS) is 17.0. The maximum Gasteiger partial charge on any atom is 0.352 e. The summed E-state index contributed by atoms with van der Waals surface area (Å²) in [6, 6.07) is 8.49. The summed E-state index contributed by atoms with van der Waals surface area (Å²) in [6.07, 6.45) is 0.821. The van der Waals surface area contributed by atoms with Crippen molar-refractivity contribution in [3.8, 4) is 0 Å². The summed E-state index contributed by atoms with van der Waals surface area (Å²) < 4.78 is 4.99. The van der Waals surface area contributed by atoms with Crippen LogP contribution in [0, 0.1) is 0 Å². The second-order valence-electron chi connectivity index (χ2n) is 5.36. The molecule has 7 nitrogen and oxygen atoms in total. The van der Waals surface area contributed by atoms with Gasteiger partial charge in [0, 0.05) is 33.7 Å². The van der Waals surface area contributed by atoms with Gasteiger partial charge in [0.15, 0.2) is 0 Å². The number of carbonyl (C=O) groups excluding carboxylic acids is 1. The van der Waals surface area contributed by atoms with E-state index in [1.807, 2.05) is 18.2 Å². The second-order valence-corrected chi connectivity index (χ2v) is 5.36. The molecule has 124 valence electrons. The molecule has 1 aliphatic heterocycles. The van der Waals surface area contributed by atoms with Crippen molar-refractivity contribution in [3.63, 3.8) is 0 Å². The summed E-state index contributed by atoms with van der Waals surface area (Å²) in [7, 11) is 3.32. The molecule has 0 spiro atoms. The molecular weight excluding hydrogens is 298 g/mol. The Balaban J connectivity index is 2.16. The molecule has 1 unspecified atom stereocenters. The molecule has 0 saturated carbocycles. The zero-order chi connectivity index (χ0) is 16.8. The molecule has 1 heterocycles. The number of ether oxygens (including phenoxy) is 1. The van der Waals surface area contributed by atoms with Crippen LogP contribution in [0.1, 0.15) is 12.8 Å². The number of carbonyl (C=O) groups is 2. The van der Waals surface area contributed by atoms with Gasteiger partial charge < -0.3 is 14.7 Å². The third-order valence-electron chi connectivity index (χ3n) is 3.68. The lowest BCUT2D eigenvalue weighted by Gasteiger charge is -2.27. The first kappa shape index (κ1) is 17.0. The maximum absolute atomic E-state index is 12.7. The van der Waals surface area contributed by atoms with Crippen molar-refractivity contribution in [1.29, 1.82) is 0 Å². The fourth-order valence-electron chi connectivity index (χ4n) is 2.46. The number of hydrogen-bond donors (Lipinski definition) is 1. The van der Waals surface area contributed by atoms with Crippen LogP contribution < -0.4 is 5.01 Å². The van der Waals surface area contributed by atoms with Crippen LogP contribution in [0.2, 0.25) is 0 Å². The largest absolute Gasteiger partial charge is 0.477 e. The van der Waals surface area contributed by atoms with Crippen molar-refractivity contribution in [2.45, 2.75) is 18.9 Å². The quantitative estimate of drug-likeness (QED) is 0.764. The molecule has 1 aromatic rings. The minimum absolute atomic E-state index is 0.00232. The number of carboxylic acid groups (broad SMARTS) is 1. The molecule has 1 aromatic carbocycles. The SMILES string of the molecule is COCCCN(C)C(=O)C1CC(C(=O)O)=NN1c1ccccc1. The van der Waals surface area contributed by atoms with Gasteiger partial charge in [-0.05, 0) is 18.6 Å². The molecule has 2 rings (SSSR count). The summed E-state index contributed by atoms with van der Waals surface area (Å²) >= 11 is 0. The number of nitrogens with zero attached hydrogens (tertiary/aromatic N) is 3. The Morgan fingerprint density at radius 3 is 2.70 bits per heavy atom. The third kappa shape index (κ3) is 4.07. The fourth-order valence-corrected chi connectivity index (χ4v) is 2.46. The first-order valence-corrected chi connectivity index (χ1v) is 7.43. The zero-order valence-electron chi connectivity index (χ0n) is 13.3. The van der Waals surface area contributed by atoms with Crippen molar-refractivity contribution >= 4 is 23.3 Å². The molecule has 1 amide bonds. The van der Waals surface area contributed by atoms with Gasteiger partial charge in [-0.15, -0.1) is 0 Å². The van der Waals surface area contributed by atoms with E-state index in [1.54, 1.807) is 31.2 Å². The van der Waals surface area contributed by atoms with Crippen LogP contribution >= 0.6 is 0 Å². The Morgan fingerprint density at radius 1 is 1.39 bits per heavy atom. The minimum Gasteiger partial charge on any atom is -0.477 e. The van der Waals surface area contributed by atoms with Crippen LogP contribution in [0.3, 0.4) is 0 Å². The van der Waals surface area contributed by atoms with Gasteiger partial charge in [-0.25, -0.2) is 4.79 Å². The van der Waals surface area contributed by atoms with Gasteiger partial charge in [0.2, 0.25) is 5.91 Å². The van der Waals surface area contributed by atoms with Crippen molar-refractivity contribution < 1.29 is 19.4 Å². The highest BCUT2D eigenvalue weighted by Gasteiger charge is 2.37. The predicted molar refractivity (Wildman–Crippen MR) is 86.5 cm³/mol. The van der Waals surface area contributed by atoms with E-state index in [-0.39, 0.29) is 18.0 Å². The van der Waals surface area contributed by atoms with Crippen molar-refractivity contribution in [1.82, 2.24) is 4.90 Å². The first-order chi connectivity index (χ1) is 11.0. The number of benzene rings is 1. The molecule has 1 aliphatic rings. The van der Waals surface area contributed by atoms with Gasteiger partial charge >= 0.3 is 5.97 Å². The highest BCUT2D eigenvalue weighted by molar-refractivity contribution is 6.37. The van der Waals surface area contributed by atoms with Crippen LogP contribution in [0.5, 0.6) is 0 Å². The number of anilines is 1. The molecular formula is C16H21N3O4. The van der Waals surface area contributed by atoms with Crippen LogP contribution in [-0.4, -0.2) is 60.9 Å². The average molecular weight is 319 g/mol. The highest BCUT2D eigenvalue weighted by atomic mass is 16.5. The molecule has 1 N–H and O–H groups in total. The monoisotopic (exact) mass is 319 g/mol. The summed E-state index contributed by atoms with van der Waals surface area (Å²) in [4.78, 5) is 25.5. The summed E-state index contributed by atoms with van der Waals surface area (Å²) in [5, 5.41) is 14.8. The van der Waals surface area contributed by atoms with Crippen LogP contribution in [0.4, 0.5) is 5.69 Å². The summed E-state index contributed by atoms with van der Waals surface area (Å²) in [5.74, 6) is -1.24. The average Bonchev–Trinajstić information content (AvgIpc) is 3.00. The molecule has 0 aliphatic carbocycles. The molecule has 0 saturated heterocycles.